The SMILES string of the molecule is COc1ccc2[nH]c(=O)c(CN(C3CCCC3)C(c3nnnn3C3CCCC3)C(C)C)cc2c1. The summed E-state index contributed by atoms with van der Waals surface area (Å²) in [5.41, 5.74) is 1.57. The molecule has 1 atom stereocenters. The minimum Gasteiger partial charge on any atom is -0.497 e. The van der Waals surface area contributed by atoms with Gasteiger partial charge in [-0.15, -0.1) is 5.10 Å². The van der Waals surface area contributed by atoms with Crippen molar-refractivity contribution in [1.29, 1.82) is 0 Å². The lowest BCUT2D eigenvalue weighted by atomic mass is 9.97. The summed E-state index contributed by atoms with van der Waals surface area (Å²) < 4.78 is 7.50. The number of aromatic amines is 1. The molecule has 2 aliphatic carbocycles. The largest absolute Gasteiger partial charge is 0.497 e. The molecule has 5 rings (SSSR count). The second-order valence-corrected chi connectivity index (χ2v) is 10.3. The fourth-order valence-electron chi connectivity index (χ4n) is 6.00. The van der Waals surface area contributed by atoms with E-state index in [1.165, 1.54) is 25.7 Å². The number of aromatic nitrogens is 5. The van der Waals surface area contributed by atoms with Gasteiger partial charge < -0.3 is 9.72 Å². The molecule has 2 aliphatic rings. The summed E-state index contributed by atoms with van der Waals surface area (Å²) >= 11 is 0. The third-order valence-electron chi connectivity index (χ3n) is 7.72. The van der Waals surface area contributed by atoms with Gasteiger partial charge in [0.2, 0.25) is 0 Å². The molecule has 1 N–H and O–H groups in total. The maximum atomic E-state index is 13.1. The fourth-order valence-corrected chi connectivity index (χ4v) is 6.00. The molecular weight excluding hydrogens is 428 g/mol. The van der Waals surface area contributed by atoms with Gasteiger partial charge in [-0.3, -0.25) is 9.69 Å². The summed E-state index contributed by atoms with van der Waals surface area (Å²) in [5.74, 6) is 2.05. The first-order valence-electron chi connectivity index (χ1n) is 12.8. The number of benzene rings is 1. The van der Waals surface area contributed by atoms with Crippen molar-refractivity contribution in [1.82, 2.24) is 30.1 Å². The number of H-pyrrole nitrogens is 1. The molecule has 182 valence electrons. The Morgan fingerprint density at radius 1 is 1.12 bits per heavy atom. The van der Waals surface area contributed by atoms with E-state index in [0.29, 0.717) is 24.5 Å². The number of hydrogen-bond acceptors (Lipinski definition) is 6. The molecule has 2 fully saturated rings. The number of tetrazole rings is 1. The molecule has 0 spiro atoms. The van der Waals surface area contributed by atoms with Gasteiger partial charge in [-0.2, -0.15) is 0 Å². The van der Waals surface area contributed by atoms with Crippen LogP contribution in [0.1, 0.15) is 88.7 Å². The Balaban J connectivity index is 1.54. The van der Waals surface area contributed by atoms with Crippen LogP contribution in [0.3, 0.4) is 0 Å². The van der Waals surface area contributed by atoms with Crippen LogP contribution in [0.5, 0.6) is 5.75 Å². The normalized spacial score (nSPS) is 18.5. The van der Waals surface area contributed by atoms with Crippen LogP contribution >= 0.6 is 0 Å². The summed E-state index contributed by atoms with van der Waals surface area (Å²) in [5, 5.41) is 14.1. The van der Waals surface area contributed by atoms with Gasteiger partial charge in [0.25, 0.3) is 5.56 Å². The smallest absolute Gasteiger partial charge is 0.252 e. The van der Waals surface area contributed by atoms with Crippen LogP contribution in [0, 0.1) is 5.92 Å². The van der Waals surface area contributed by atoms with Crippen LogP contribution in [-0.4, -0.2) is 43.2 Å². The number of nitrogens with one attached hydrogen (secondary N) is 1. The van der Waals surface area contributed by atoms with Gasteiger partial charge >= 0.3 is 0 Å². The van der Waals surface area contributed by atoms with Crippen LogP contribution in [0.4, 0.5) is 0 Å². The summed E-state index contributed by atoms with van der Waals surface area (Å²) in [7, 11) is 1.66. The molecule has 0 bridgehead atoms. The van der Waals surface area contributed by atoms with Crippen molar-refractivity contribution in [3.05, 3.63) is 46.0 Å². The van der Waals surface area contributed by atoms with Crippen molar-refractivity contribution >= 4 is 10.9 Å². The molecule has 0 aliphatic heterocycles. The van der Waals surface area contributed by atoms with Crippen LogP contribution in [-0.2, 0) is 6.54 Å². The zero-order valence-corrected chi connectivity index (χ0v) is 20.5. The lowest BCUT2D eigenvalue weighted by Gasteiger charge is -2.38. The van der Waals surface area contributed by atoms with Gasteiger partial charge in [-0.1, -0.05) is 39.5 Å². The van der Waals surface area contributed by atoms with E-state index in [1.54, 1.807) is 7.11 Å². The second-order valence-electron chi connectivity index (χ2n) is 10.3. The highest BCUT2D eigenvalue weighted by atomic mass is 16.5. The predicted molar refractivity (Wildman–Crippen MR) is 132 cm³/mol. The molecule has 8 heteroatoms. The van der Waals surface area contributed by atoms with Gasteiger partial charge in [0, 0.05) is 29.1 Å². The fraction of sp³-hybridized carbons (Fsp3) is 0.615. The highest BCUT2D eigenvalue weighted by Crippen LogP contribution is 2.38. The van der Waals surface area contributed by atoms with E-state index in [-0.39, 0.29) is 11.6 Å². The molecule has 0 radical (unpaired) electrons. The number of methoxy groups -OCH3 is 1. The van der Waals surface area contributed by atoms with Crippen molar-refractivity contribution < 1.29 is 4.74 Å². The Hall–Kier alpha value is -2.74. The van der Waals surface area contributed by atoms with E-state index in [1.807, 2.05) is 24.3 Å². The van der Waals surface area contributed by atoms with Crippen molar-refractivity contribution in [2.75, 3.05) is 7.11 Å². The first kappa shape index (κ1) is 23.0. The molecule has 2 saturated carbocycles. The Morgan fingerprint density at radius 3 is 2.56 bits per heavy atom. The highest BCUT2D eigenvalue weighted by molar-refractivity contribution is 5.80. The van der Waals surface area contributed by atoms with Crippen molar-refractivity contribution in [3.63, 3.8) is 0 Å². The number of pyridine rings is 1. The van der Waals surface area contributed by atoms with Gasteiger partial charge in [0.1, 0.15) is 5.75 Å². The minimum absolute atomic E-state index is 0.0291. The molecule has 2 aromatic heterocycles. The van der Waals surface area contributed by atoms with E-state index in [9.17, 15) is 4.79 Å². The van der Waals surface area contributed by atoms with E-state index in [4.69, 9.17) is 4.74 Å². The van der Waals surface area contributed by atoms with Crippen molar-refractivity contribution in [3.8, 4) is 5.75 Å². The van der Waals surface area contributed by atoms with E-state index in [2.05, 4.69) is 43.9 Å². The third-order valence-corrected chi connectivity index (χ3v) is 7.72. The van der Waals surface area contributed by atoms with E-state index >= 15 is 0 Å². The zero-order chi connectivity index (χ0) is 23.7. The summed E-state index contributed by atoms with van der Waals surface area (Å²) in [6.45, 7) is 5.07. The van der Waals surface area contributed by atoms with Crippen LogP contribution in [0.15, 0.2) is 29.1 Å². The lowest BCUT2D eigenvalue weighted by molar-refractivity contribution is 0.0826. The standard InChI is InChI=1S/C26H36N6O2/c1-17(2)24(25-28-29-30-32(25)21-10-6-7-11-21)31(20-8-4-5-9-20)16-19-14-18-15-22(34-3)12-13-23(18)27-26(19)33/h12-15,17,20-21,24H,4-11,16H2,1-3H3,(H,27,33). The van der Waals surface area contributed by atoms with Crippen molar-refractivity contribution in [2.45, 2.75) is 89.9 Å². The molecular formula is C26H36N6O2. The second kappa shape index (κ2) is 9.86. The topological polar surface area (TPSA) is 88.9 Å². The Morgan fingerprint density at radius 2 is 1.85 bits per heavy atom. The van der Waals surface area contributed by atoms with Gasteiger partial charge in [0.15, 0.2) is 5.82 Å². The van der Waals surface area contributed by atoms with E-state index in [0.717, 1.165) is 53.7 Å². The van der Waals surface area contributed by atoms with Crippen LogP contribution < -0.4 is 10.3 Å². The molecule has 0 saturated heterocycles. The average molecular weight is 465 g/mol. The number of hydrogen-bond donors (Lipinski definition) is 1. The Labute approximate surface area is 200 Å². The molecule has 8 nitrogen and oxygen atoms in total. The van der Waals surface area contributed by atoms with Crippen LogP contribution in [0.2, 0.25) is 0 Å². The molecule has 0 amide bonds. The minimum atomic E-state index is -0.0291. The van der Waals surface area contributed by atoms with E-state index < -0.39 is 0 Å². The molecule has 34 heavy (non-hydrogen) atoms. The number of ether oxygens (including phenoxy) is 1. The quantitative estimate of drug-likeness (QED) is 0.516. The Bertz CT molecular complexity index is 1170. The summed E-state index contributed by atoms with van der Waals surface area (Å²) in [4.78, 5) is 18.7. The van der Waals surface area contributed by atoms with Crippen molar-refractivity contribution in [2.24, 2.45) is 5.92 Å². The molecule has 1 aromatic carbocycles. The predicted octanol–water partition coefficient (Wildman–Crippen LogP) is 4.78. The monoisotopic (exact) mass is 464 g/mol. The summed E-state index contributed by atoms with van der Waals surface area (Å²) in [6.07, 6.45) is 9.49. The maximum absolute atomic E-state index is 13.1. The summed E-state index contributed by atoms with van der Waals surface area (Å²) in [6, 6.07) is 8.64. The number of nitrogens with zero attached hydrogens (tertiary/aromatic N) is 5. The molecule has 1 unspecified atom stereocenters. The maximum Gasteiger partial charge on any atom is 0.252 e. The first-order valence-corrected chi connectivity index (χ1v) is 12.8. The lowest BCUT2D eigenvalue weighted by Crippen LogP contribution is -2.41. The third kappa shape index (κ3) is 4.48. The highest BCUT2D eigenvalue weighted by Gasteiger charge is 2.36. The molecule has 2 heterocycles. The number of fused-ring (bicyclic) bond motifs is 1. The average Bonchev–Trinajstić information content (AvgIpc) is 3.61. The number of rotatable bonds is 8. The first-order chi connectivity index (χ1) is 16.5. The molecule has 3 aromatic rings. The van der Waals surface area contributed by atoms with Gasteiger partial charge in [0.05, 0.1) is 19.2 Å². The zero-order valence-electron chi connectivity index (χ0n) is 20.5. The van der Waals surface area contributed by atoms with Gasteiger partial charge in [-0.25, -0.2) is 4.68 Å². The van der Waals surface area contributed by atoms with Crippen LogP contribution in [0.25, 0.3) is 10.9 Å². The Kier molecular flexibility index (Phi) is 6.68. The van der Waals surface area contributed by atoms with Gasteiger partial charge in [-0.05, 0) is 66.3 Å².